The molecule has 0 aromatic heterocycles. The third-order valence-corrected chi connectivity index (χ3v) is 2.78. The monoisotopic (exact) mass is 224 g/mol. The number of rotatable bonds is 5. The maximum atomic E-state index is 10.7. The molecule has 84 valence electrons. The van der Waals surface area contributed by atoms with E-state index in [-0.39, 0.29) is 6.54 Å². The van der Waals surface area contributed by atoms with E-state index in [1.807, 2.05) is 21.0 Å². The van der Waals surface area contributed by atoms with Crippen molar-refractivity contribution in [2.24, 2.45) is 0 Å². The first-order chi connectivity index (χ1) is 6.19. The number of likely N-dealkylation sites (N-methyl/N-ethyl adjacent to an activating group) is 1. The Balaban J connectivity index is 3.88. The Morgan fingerprint density at radius 3 is 2.43 bits per heavy atom. The zero-order valence-electron chi connectivity index (χ0n) is 8.69. The van der Waals surface area contributed by atoms with E-state index in [9.17, 15) is 14.3 Å². The lowest BCUT2D eigenvalue weighted by molar-refractivity contribution is -0.887. The Morgan fingerprint density at radius 1 is 1.57 bits per heavy atom. The van der Waals surface area contributed by atoms with Gasteiger partial charge < -0.3 is 19.6 Å². The Kier molecular flexibility index (Phi) is 4.74. The Labute approximate surface area is 83.7 Å². The van der Waals surface area contributed by atoms with E-state index < -0.39 is 13.2 Å². The second kappa shape index (κ2) is 4.89. The van der Waals surface area contributed by atoms with Crippen LogP contribution in [0.25, 0.3) is 0 Å². The predicted molar refractivity (Wildman–Crippen MR) is 50.7 cm³/mol. The fraction of sp³-hybridized carbons (Fsp3) is 0.857. The topological polar surface area (TPSA) is 89.5 Å². The smallest absolute Gasteiger partial charge is 0.291 e. The van der Waals surface area contributed by atoms with Gasteiger partial charge in [-0.05, 0) is 6.92 Å². The summed E-state index contributed by atoms with van der Waals surface area (Å²) >= 11 is 0. The van der Waals surface area contributed by atoms with Gasteiger partial charge in [-0.3, -0.25) is 9.36 Å². The minimum Gasteiger partial charge on any atom is -0.772 e. The molecule has 0 saturated carbocycles. The molecule has 0 heterocycles. The number of nitrogens with one attached hydrogen (secondary N) is 1. The summed E-state index contributed by atoms with van der Waals surface area (Å²) in [6, 6.07) is 0. The molecule has 0 saturated heterocycles. The summed E-state index contributed by atoms with van der Waals surface area (Å²) in [6.07, 6.45) is 0. The first kappa shape index (κ1) is 13.6. The van der Waals surface area contributed by atoms with Crippen molar-refractivity contribution in [1.29, 1.82) is 0 Å². The summed E-state index contributed by atoms with van der Waals surface area (Å²) in [5.74, 6) is 0. The molecule has 0 spiro atoms. The minimum absolute atomic E-state index is 0.229. The van der Waals surface area contributed by atoms with Gasteiger partial charge in [-0.1, -0.05) is 0 Å². The van der Waals surface area contributed by atoms with Crippen LogP contribution in [-0.2, 0) is 4.57 Å². The zero-order chi connectivity index (χ0) is 11.4. The summed E-state index contributed by atoms with van der Waals surface area (Å²) in [4.78, 5) is 29.4. The molecular formula is C7H17N2O4P. The number of amides is 1. The van der Waals surface area contributed by atoms with Gasteiger partial charge in [0.1, 0.15) is 0 Å². The lowest BCUT2D eigenvalue weighted by Gasteiger charge is -2.28. The van der Waals surface area contributed by atoms with E-state index in [1.165, 1.54) is 0 Å². The standard InChI is InChI=1S/C7H17N2O4P/c1-4-9(2,3)6-5-8-7(10)14(11,12)13/h4-6H2,1-3H3,(H2-,8,10,11,12,13). The first-order valence-corrected chi connectivity index (χ1v) is 5.91. The molecule has 0 aromatic carbocycles. The van der Waals surface area contributed by atoms with Crippen molar-refractivity contribution in [2.75, 3.05) is 33.7 Å². The van der Waals surface area contributed by atoms with Crippen molar-refractivity contribution in [3.63, 3.8) is 0 Å². The number of quaternary nitrogens is 1. The van der Waals surface area contributed by atoms with Crippen LogP contribution in [0, 0.1) is 0 Å². The van der Waals surface area contributed by atoms with Crippen LogP contribution in [-0.4, -0.2) is 48.8 Å². The van der Waals surface area contributed by atoms with Gasteiger partial charge in [-0.25, -0.2) is 0 Å². The molecule has 0 radical (unpaired) electrons. The third-order valence-electron chi connectivity index (χ3n) is 2.11. The molecule has 1 unspecified atom stereocenters. The van der Waals surface area contributed by atoms with E-state index in [2.05, 4.69) is 5.32 Å². The van der Waals surface area contributed by atoms with Crippen LogP contribution in [0.1, 0.15) is 6.92 Å². The highest BCUT2D eigenvalue weighted by Crippen LogP contribution is 2.28. The van der Waals surface area contributed by atoms with Crippen LogP contribution in [0.2, 0.25) is 0 Å². The fourth-order valence-electron chi connectivity index (χ4n) is 0.724. The highest BCUT2D eigenvalue weighted by molar-refractivity contribution is 7.68. The summed E-state index contributed by atoms with van der Waals surface area (Å²) in [6.45, 7) is 3.71. The minimum atomic E-state index is -4.85. The molecule has 6 nitrogen and oxygen atoms in total. The van der Waals surface area contributed by atoms with E-state index >= 15 is 0 Å². The van der Waals surface area contributed by atoms with Crippen molar-refractivity contribution < 1.29 is 23.6 Å². The van der Waals surface area contributed by atoms with Gasteiger partial charge in [-0.2, -0.15) is 0 Å². The molecule has 0 bridgehead atoms. The number of hydrogen-bond donors (Lipinski definition) is 2. The predicted octanol–water partition coefficient (Wildman–Crippen LogP) is -0.662. The van der Waals surface area contributed by atoms with E-state index in [4.69, 9.17) is 4.89 Å². The molecule has 0 aromatic rings. The molecule has 0 aliphatic carbocycles. The summed E-state index contributed by atoms with van der Waals surface area (Å²) in [5.41, 5.74) is -1.31. The third kappa shape index (κ3) is 5.34. The maximum Gasteiger partial charge on any atom is 0.291 e. The van der Waals surface area contributed by atoms with Gasteiger partial charge in [0.2, 0.25) is 7.60 Å². The molecule has 2 N–H and O–H groups in total. The molecule has 7 heteroatoms. The lowest BCUT2D eigenvalue weighted by atomic mass is 10.4. The van der Waals surface area contributed by atoms with Crippen molar-refractivity contribution in [2.45, 2.75) is 6.92 Å². The molecular weight excluding hydrogens is 207 g/mol. The molecule has 1 amide bonds. The summed E-state index contributed by atoms with van der Waals surface area (Å²) in [7, 11) is -0.934. The summed E-state index contributed by atoms with van der Waals surface area (Å²) in [5, 5.41) is 2.13. The average molecular weight is 224 g/mol. The van der Waals surface area contributed by atoms with E-state index in [1.54, 1.807) is 0 Å². The lowest BCUT2D eigenvalue weighted by Crippen LogP contribution is -2.45. The van der Waals surface area contributed by atoms with Gasteiger partial charge in [0.05, 0.1) is 33.7 Å². The number of carbonyl (C=O) groups is 1. The normalized spacial score (nSPS) is 16.1. The highest BCUT2D eigenvalue weighted by atomic mass is 31.2. The largest absolute Gasteiger partial charge is 0.772 e. The van der Waals surface area contributed by atoms with Gasteiger partial charge in [0.25, 0.3) is 5.65 Å². The Bertz CT molecular complexity index is 248. The average Bonchev–Trinajstić information content (AvgIpc) is 2.02. The molecule has 0 rings (SSSR count). The summed E-state index contributed by atoms with van der Waals surface area (Å²) < 4.78 is 11.0. The number of nitrogens with zero attached hydrogens (tertiary/aromatic N) is 1. The maximum absolute atomic E-state index is 10.7. The van der Waals surface area contributed by atoms with Crippen LogP contribution in [0.15, 0.2) is 0 Å². The zero-order valence-corrected chi connectivity index (χ0v) is 9.58. The Hall–Kier alpha value is -0.420. The fourth-order valence-corrected chi connectivity index (χ4v) is 1.04. The SMILES string of the molecule is CC[N+](C)(C)CCNC(=O)P(=O)([O-])O. The van der Waals surface area contributed by atoms with E-state index in [0.717, 1.165) is 6.54 Å². The van der Waals surface area contributed by atoms with Crippen molar-refractivity contribution in [1.82, 2.24) is 5.32 Å². The molecule has 14 heavy (non-hydrogen) atoms. The number of hydrogen-bond acceptors (Lipinski definition) is 3. The molecule has 0 fully saturated rings. The van der Waals surface area contributed by atoms with Crippen LogP contribution in [0.3, 0.4) is 0 Å². The van der Waals surface area contributed by atoms with Crippen molar-refractivity contribution >= 4 is 13.2 Å². The van der Waals surface area contributed by atoms with Crippen molar-refractivity contribution in [3.8, 4) is 0 Å². The second-order valence-corrected chi connectivity index (χ2v) is 5.17. The van der Waals surface area contributed by atoms with Crippen LogP contribution < -0.4 is 10.2 Å². The first-order valence-electron chi connectivity index (χ1n) is 4.33. The van der Waals surface area contributed by atoms with E-state index in [0.29, 0.717) is 11.0 Å². The molecule has 1 atom stereocenters. The van der Waals surface area contributed by atoms with Crippen LogP contribution >= 0.6 is 7.60 Å². The Morgan fingerprint density at radius 2 is 2.07 bits per heavy atom. The van der Waals surface area contributed by atoms with Gasteiger partial charge in [0, 0.05) is 0 Å². The van der Waals surface area contributed by atoms with Gasteiger partial charge in [0.15, 0.2) is 0 Å². The van der Waals surface area contributed by atoms with Gasteiger partial charge >= 0.3 is 0 Å². The van der Waals surface area contributed by atoms with Crippen LogP contribution in [0.5, 0.6) is 0 Å². The highest BCUT2D eigenvalue weighted by Gasteiger charge is 2.16. The quantitative estimate of drug-likeness (QED) is 0.479. The van der Waals surface area contributed by atoms with Crippen molar-refractivity contribution in [3.05, 3.63) is 0 Å². The molecule has 0 aliphatic heterocycles. The van der Waals surface area contributed by atoms with Crippen LogP contribution in [0.4, 0.5) is 4.79 Å². The second-order valence-electron chi connectivity index (χ2n) is 3.73. The molecule has 0 aliphatic rings. The van der Waals surface area contributed by atoms with Gasteiger partial charge in [-0.15, -0.1) is 0 Å². The number of carbonyl (C=O) groups excluding carboxylic acids is 1.